The maximum atomic E-state index is 12.3. The van der Waals surface area contributed by atoms with Gasteiger partial charge >= 0.3 is 5.69 Å². The Morgan fingerprint density at radius 3 is 2.35 bits per heavy atom. The number of nitrogens with zero attached hydrogens (tertiary/aromatic N) is 3. The monoisotopic (exact) mass is 358 g/mol. The minimum Gasteiger partial charge on any atom is -0.348 e. The summed E-state index contributed by atoms with van der Waals surface area (Å²) < 4.78 is 1.38. The Labute approximate surface area is 153 Å². The van der Waals surface area contributed by atoms with Crippen LogP contribution in [0.1, 0.15) is 49.3 Å². The van der Waals surface area contributed by atoms with Crippen LogP contribution in [-0.4, -0.2) is 20.6 Å². The molecule has 1 amide bonds. The summed E-state index contributed by atoms with van der Waals surface area (Å²) >= 11 is 0. The largest absolute Gasteiger partial charge is 0.348 e. The standard InChI is InChI=1S/C19H26N4O3/c1-12(2)10-16-6-8-17(9-7-16)13(3)20-18(24)11-22-15(5)19(23(25)26)14(4)21-22/h6-9,12-13H,10-11H2,1-5H3,(H,20,24)/t13-/m0/s1. The number of carbonyl (C=O) groups excluding carboxylic acids is 1. The minimum atomic E-state index is -0.465. The number of amides is 1. The molecule has 7 heteroatoms. The first-order chi connectivity index (χ1) is 12.2. The molecule has 0 aliphatic carbocycles. The summed E-state index contributed by atoms with van der Waals surface area (Å²) in [6, 6.07) is 8.07. The van der Waals surface area contributed by atoms with Crippen LogP contribution in [0.5, 0.6) is 0 Å². The lowest BCUT2D eigenvalue weighted by Gasteiger charge is -2.15. The molecule has 0 spiro atoms. The van der Waals surface area contributed by atoms with Crippen molar-refractivity contribution in [3.8, 4) is 0 Å². The first-order valence-electron chi connectivity index (χ1n) is 8.75. The third-order valence-electron chi connectivity index (χ3n) is 4.32. The Kier molecular flexibility index (Phi) is 6.13. The average Bonchev–Trinajstić information content (AvgIpc) is 2.81. The van der Waals surface area contributed by atoms with Crippen LogP contribution in [0.2, 0.25) is 0 Å². The number of nitro groups is 1. The highest BCUT2D eigenvalue weighted by atomic mass is 16.6. The fraction of sp³-hybridized carbons (Fsp3) is 0.474. The van der Waals surface area contributed by atoms with E-state index in [1.807, 2.05) is 19.1 Å². The van der Waals surface area contributed by atoms with E-state index >= 15 is 0 Å². The Bertz CT molecular complexity index is 794. The van der Waals surface area contributed by atoms with Gasteiger partial charge in [0, 0.05) is 0 Å². The van der Waals surface area contributed by atoms with E-state index in [0.29, 0.717) is 17.3 Å². The van der Waals surface area contributed by atoms with Crippen LogP contribution in [0, 0.1) is 29.9 Å². The first kappa shape index (κ1) is 19.6. The number of aryl methyl sites for hydroxylation is 1. The van der Waals surface area contributed by atoms with Crippen molar-refractivity contribution in [1.29, 1.82) is 0 Å². The molecule has 0 saturated heterocycles. The fourth-order valence-corrected chi connectivity index (χ4v) is 3.03. The Morgan fingerprint density at radius 2 is 1.85 bits per heavy atom. The molecule has 1 aromatic carbocycles. The van der Waals surface area contributed by atoms with Crippen LogP contribution in [0.3, 0.4) is 0 Å². The molecule has 0 aliphatic rings. The van der Waals surface area contributed by atoms with Crippen LogP contribution in [0.15, 0.2) is 24.3 Å². The zero-order valence-electron chi connectivity index (χ0n) is 15.9. The Morgan fingerprint density at radius 1 is 1.23 bits per heavy atom. The number of carbonyl (C=O) groups is 1. The van der Waals surface area contributed by atoms with E-state index in [1.54, 1.807) is 13.8 Å². The molecular formula is C19H26N4O3. The predicted octanol–water partition coefficient (Wildman–Crippen LogP) is 3.48. The van der Waals surface area contributed by atoms with Crippen molar-refractivity contribution in [2.24, 2.45) is 5.92 Å². The highest BCUT2D eigenvalue weighted by Crippen LogP contribution is 2.22. The average molecular weight is 358 g/mol. The highest BCUT2D eigenvalue weighted by molar-refractivity contribution is 5.76. The van der Waals surface area contributed by atoms with Gasteiger partial charge in [-0.25, -0.2) is 0 Å². The topological polar surface area (TPSA) is 90.1 Å². The normalized spacial score (nSPS) is 12.2. The van der Waals surface area contributed by atoms with Gasteiger partial charge in [0.25, 0.3) is 0 Å². The van der Waals surface area contributed by atoms with Gasteiger partial charge in [-0.2, -0.15) is 5.10 Å². The van der Waals surface area contributed by atoms with Crippen molar-refractivity contribution >= 4 is 11.6 Å². The lowest BCUT2D eigenvalue weighted by Crippen LogP contribution is -2.30. The van der Waals surface area contributed by atoms with Gasteiger partial charge in [0.2, 0.25) is 5.91 Å². The van der Waals surface area contributed by atoms with Crippen LogP contribution in [-0.2, 0) is 17.8 Å². The molecule has 7 nitrogen and oxygen atoms in total. The van der Waals surface area contributed by atoms with E-state index in [0.717, 1.165) is 12.0 Å². The van der Waals surface area contributed by atoms with Gasteiger partial charge in [-0.05, 0) is 44.2 Å². The highest BCUT2D eigenvalue weighted by Gasteiger charge is 2.23. The van der Waals surface area contributed by atoms with Crippen LogP contribution in [0.4, 0.5) is 5.69 Å². The molecular weight excluding hydrogens is 332 g/mol. The van der Waals surface area contributed by atoms with Gasteiger partial charge in [0.05, 0.1) is 11.0 Å². The summed E-state index contributed by atoms with van der Waals surface area (Å²) in [5.74, 6) is 0.368. The van der Waals surface area contributed by atoms with Gasteiger partial charge in [-0.15, -0.1) is 0 Å². The fourth-order valence-electron chi connectivity index (χ4n) is 3.03. The summed E-state index contributed by atoms with van der Waals surface area (Å²) in [5.41, 5.74) is 2.96. The molecule has 26 heavy (non-hydrogen) atoms. The SMILES string of the molecule is Cc1nn(CC(=O)N[C@@H](C)c2ccc(CC(C)C)cc2)c(C)c1[N+](=O)[O-]. The molecule has 2 rings (SSSR count). The summed E-state index contributed by atoms with van der Waals surface area (Å²) in [6.07, 6.45) is 1.03. The van der Waals surface area contributed by atoms with Crippen molar-refractivity contribution < 1.29 is 9.72 Å². The molecule has 0 radical (unpaired) electrons. The number of hydrogen-bond donors (Lipinski definition) is 1. The van der Waals surface area contributed by atoms with Crippen molar-refractivity contribution in [3.05, 3.63) is 56.9 Å². The van der Waals surface area contributed by atoms with Gasteiger partial charge in [0.1, 0.15) is 17.9 Å². The summed E-state index contributed by atoms with van der Waals surface area (Å²) in [7, 11) is 0. The number of rotatable bonds is 7. The molecule has 1 aromatic heterocycles. The second-order valence-electron chi connectivity index (χ2n) is 7.06. The summed E-state index contributed by atoms with van der Waals surface area (Å²) in [6.45, 7) is 9.40. The van der Waals surface area contributed by atoms with Crippen molar-refractivity contribution in [2.45, 2.75) is 53.6 Å². The van der Waals surface area contributed by atoms with E-state index in [4.69, 9.17) is 0 Å². The van der Waals surface area contributed by atoms with Gasteiger partial charge in [-0.3, -0.25) is 19.6 Å². The van der Waals surface area contributed by atoms with Gasteiger partial charge < -0.3 is 5.32 Å². The van der Waals surface area contributed by atoms with E-state index in [-0.39, 0.29) is 24.2 Å². The molecule has 2 aromatic rings. The molecule has 0 saturated carbocycles. The summed E-state index contributed by atoms with van der Waals surface area (Å²) in [4.78, 5) is 22.9. The maximum absolute atomic E-state index is 12.3. The Hall–Kier alpha value is -2.70. The lowest BCUT2D eigenvalue weighted by molar-refractivity contribution is -0.386. The smallest absolute Gasteiger partial charge is 0.312 e. The molecule has 0 unspecified atom stereocenters. The molecule has 1 N–H and O–H groups in total. The van der Waals surface area contributed by atoms with Crippen molar-refractivity contribution in [1.82, 2.24) is 15.1 Å². The number of hydrogen-bond acceptors (Lipinski definition) is 4. The molecule has 1 heterocycles. The van der Waals surface area contributed by atoms with Crippen LogP contribution in [0.25, 0.3) is 0 Å². The third kappa shape index (κ3) is 4.68. The van der Waals surface area contributed by atoms with E-state index in [1.165, 1.54) is 10.2 Å². The molecule has 140 valence electrons. The second kappa shape index (κ2) is 8.12. The predicted molar refractivity (Wildman–Crippen MR) is 99.9 cm³/mol. The maximum Gasteiger partial charge on any atom is 0.312 e. The van der Waals surface area contributed by atoms with Crippen LogP contribution < -0.4 is 5.32 Å². The number of benzene rings is 1. The molecule has 0 fully saturated rings. The van der Waals surface area contributed by atoms with Crippen molar-refractivity contribution in [3.63, 3.8) is 0 Å². The van der Waals surface area contributed by atoms with E-state index < -0.39 is 4.92 Å². The number of nitrogens with one attached hydrogen (secondary N) is 1. The molecule has 0 aliphatic heterocycles. The third-order valence-corrected chi connectivity index (χ3v) is 4.32. The van der Waals surface area contributed by atoms with E-state index in [9.17, 15) is 14.9 Å². The number of aromatic nitrogens is 2. The van der Waals surface area contributed by atoms with Gasteiger partial charge in [0.15, 0.2) is 0 Å². The zero-order valence-corrected chi connectivity index (χ0v) is 15.9. The first-order valence-corrected chi connectivity index (χ1v) is 8.75. The second-order valence-corrected chi connectivity index (χ2v) is 7.06. The molecule has 1 atom stereocenters. The molecule has 0 bridgehead atoms. The van der Waals surface area contributed by atoms with E-state index in [2.05, 4.69) is 36.4 Å². The summed E-state index contributed by atoms with van der Waals surface area (Å²) in [5, 5.41) is 18.1. The van der Waals surface area contributed by atoms with Crippen molar-refractivity contribution in [2.75, 3.05) is 0 Å². The quantitative estimate of drug-likeness (QED) is 0.606. The van der Waals surface area contributed by atoms with Gasteiger partial charge in [-0.1, -0.05) is 38.1 Å². The zero-order chi connectivity index (χ0) is 19.4. The lowest BCUT2D eigenvalue weighted by atomic mass is 10.00. The van der Waals surface area contributed by atoms with Crippen LogP contribution >= 0.6 is 0 Å². The Balaban J connectivity index is 2.01. The minimum absolute atomic E-state index is 0.0356.